The second-order valence-corrected chi connectivity index (χ2v) is 3.95. The third kappa shape index (κ3) is 5.56. The van der Waals surface area contributed by atoms with E-state index in [1.165, 1.54) is 0 Å². The summed E-state index contributed by atoms with van der Waals surface area (Å²) in [7, 11) is 0. The fourth-order valence-electron chi connectivity index (χ4n) is 1.21. The van der Waals surface area contributed by atoms with E-state index in [0.717, 1.165) is 18.3 Å². The molecule has 5 nitrogen and oxygen atoms in total. The molecular formula is C11H14F3N3O2. The number of nitrogens with zero attached hydrogens (tertiary/aromatic N) is 1. The van der Waals surface area contributed by atoms with Crippen LogP contribution in [0.15, 0.2) is 18.3 Å². The number of halogens is 3. The molecule has 0 bridgehead atoms. The van der Waals surface area contributed by atoms with Crippen molar-refractivity contribution in [2.45, 2.75) is 25.6 Å². The molecule has 0 aliphatic rings. The Kier molecular flexibility index (Phi) is 5.11. The monoisotopic (exact) mass is 277 g/mol. The van der Waals surface area contributed by atoms with E-state index in [0.29, 0.717) is 6.42 Å². The highest BCUT2D eigenvalue weighted by atomic mass is 19.4. The SMILES string of the molecule is CC(O)CCNC(=O)Nc1ccc(C(F)(F)F)nc1. The summed E-state index contributed by atoms with van der Waals surface area (Å²) in [4.78, 5) is 14.5. The Morgan fingerprint density at radius 3 is 2.63 bits per heavy atom. The Bertz CT molecular complexity index is 418. The van der Waals surface area contributed by atoms with Crippen molar-refractivity contribution in [1.29, 1.82) is 0 Å². The molecule has 0 radical (unpaired) electrons. The van der Waals surface area contributed by atoms with Crippen LogP contribution in [0.5, 0.6) is 0 Å². The molecule has 1 rings (SSSR count). The highest BCUT2D eigenvalue weighted by Gasteiger charge is 2.32. The van der Waals surface area contributed by atoms with Crippen molar-refractivity contribution < 1.29 is 23.1 Å². The number of alkyl halides is 3. The van der Waals surface area contributed by atoms with Gasteiger partial charge >= 0.3 is 12.2 Å². The molecule has 1 heterocycles. The van der Waals surface area contributed by atoms with Gasteiger partial charge in [0.2, 0.25) is 0 Å². The molecule has 1 aromatic heterocycles. The topological polar surface area (TPSA) is 74.2 Å². The molecule has 1 atom stereocenters. The molecule has 3 N–H and O–H groups in total. The lowest BCUT2D eigenvalue weighted by Gasteiger charge is -2.09. The van der Waals surface area contributed by atoms with Gasteiger partial charge in [-0.3, -0.25) is 0 Å². The van der Waals surface area contributed by atoms with E-state index in [1.54, 1.807) is 6.92 Å². The van der Waals surface area contributed by atoms with Crippen LogP contribution in [0.3, 0.4) is 0 Å². The average molecular weight is 277 g/mol. The number of pyridine rings is 1. The lowest BCUT2D eigenvalue weighted by Crippen LogP contribution is -2.30. The molecule has 1 aromatic rings. The quantitative estimate of drug-likeness (QED) is 0.788. The maximum absolute atomic E-state index is 12.2. The van der Waals surface area contributed by atoms with E-state index in [4.69, 9.17) is 5.11 Å². The van der Waals surface area contributed by atoms with E-state index in [9.17, 15) is 18.0 Å². The van der Waals surface area contributed by atoms with E-state index in [-0.39, 0.29) is 12.2 Å². The lowest BCUT2D eigenvalue weighted by atomic mass is 10.3. The van der Waals surface area contributed by atoms with E-state index in [2.05, 4.69) is 15.6 Å². The van der Waals surface area contributed by atoms with Crippen molar-refractivity contribution in [1.82, 2.24) is 10.3 Å². The summed E-state index contributed by atoms with van der Waals surface area (Å²) < 4.78 is 36.7. The number of amides is 2. The largest absolute Gasteiger partial charge is 0.433 e. The number of hydrogen-bond donors (Lipinski definition) is 3. The molecular weight excluding hydrogens is 263 g/mol. The summed E-state index contributed by atoms with van der Waals surface area (Å²) in [5.41, 5.74) is -0.866. The van der Waals surface area contributed by atoms with Gasteiger partial charge in [-0.1, -0.05) is 0 Å². The first-order valence-corrected chi connectivity index (χ1v) is 5.55. The minimum absolute atomic E-state index is 0.155. The number of aromatic nitrogens is 1. The predicted molar refractivity (Wildman–Crippen MR) is 62.6 cm³/mol. The van der Waals surface area contributed by atoms with Crippen LogP contribution in [0.2, 0.25) is 0 Å². The summed E-state index contributed by atoms with van der Waals surface area (Å²) in [6, 6.07) is 1.33. The maximum Gasteiger partial charge on any atom is 0.433 e. The Morgan fingerprint density at radius 1 is 1.47 bits per heavy atom. The van der Waals surface area contributed by atoms with Crippen molar-refractivity contribution >= 4 is 11.7 Å². The van der Waals surface area contributed by atoms with Crippen LogP contribution in [0, 0.1) is 0 Å². The molecule has 0 fully saturated rings. The standard InChI is InChI=1S/C11H14F3N3O2/c1-7(18)4-5-15-10(19)17-8-2-3-9(16-6-8)11(12,13)14/h2-3,6-7,18H,4-5H2,1H3,(H2,15,17,19). The van der Waals surface area contributed by atoms with Crippen LogP contribution in [-0.2, 0) is 6.18 Å². The summed E-state index contributed by atoms with van der Waals surface area (Å²) in [5, 5.41) is 13.8. The van der Waals surface area contributed by atoms with Crippen LogP contribution >= 0.6 is 0 Å². The molecule has 2 amide bonds. The minimum atomic E-state index is -4.50. The van der Waals surface area contributed by atoms with Crippen molar-refractivity contribution in [3.05, 3.63) is 24.0 Å². The number of aliphatic hydroxyl groups is 1. The first kappa shape index (κ1) is 15.2. The second kappa shape index (κ2) is 6.37. The molecule has 106 valence electrons. The number of hydrogen-bond acceptors (Lipinski definition) is 3. The lowest BCUT2D eigenvalue weighted by molar-refractivity contribution is -0.141. The highest BCUT2D eigenvalue weighted by molar-refractivity contribution is 5.88. The normalized spacial score (nSPS) is 12.9. The fourth-order valence-corrected chi connectivity index (χ4v) is 1.21. The zero-order valence-electron chi connectivity index (χ0n) is 10.2. The first-order valence-electron chi connectivity index (χ1n) is 5.55. The highest BCUT2D eigenvalue weighted by Crippen LogP contribution is 2.27. The van der Waals surface area contributed by atoms with Crippen LogP contribution < -0.4 is 10.6 Å². The molecule has 1 unspecified atom stereocenters. The molecule has 0 aromatic carbocycles. The molecule has 0 saturated heterocycles. The van der Waals surface area contributed by atoms with Gasteiger partial charge in [-0.15, -0.1) is 0 Å². The minimum Gasteiger partial charge on any atom is -0.393 e. The third-order valence-corrected chi connectivity index (χ3v) is 2.16. The number of aliphatic hydroxyl groups excluding tert-OH is 1. The van der Waals surface area contributed by atoms with Gasteiger partial charge in [0.05, 0.1) is 18.0 Å². The number of carbonyl (C=O) groups excluding carboxylic acids is 1. The zero-order chi connectivity index (χ0) is 14.5. The maximum atomic E-state index is 12.2. The van der Waals surface area contributed by atoms with E-state index in [1.807, 2.05) is 0 Å². The van der Waals surface area contributed by atoms with Gasteiger partial charge < -0.3 is 15.7 Å². The molecule has 0 aliphatic heterocycles. The predicted octanol–water partition coefficient (Wildman–Crippen LogP) is 1.99. The number of carbonyl (C=O) groups is 1. The zero-order valence-corrected chi connectivity index (χ0v) is 10.2. The van der Waals surface area contributed by atoms with Gasteiger partial charge in [0.25, 0.3) is 0 Å². The molecule has 0 saturated carbocycles. The van der Waals surface area contributed by atoms with Crippen LogP contribution in [0.4, 0.5) is 23.7 Å². The van der Waals surface area contributed by atoms with Crippen molar-refractivity contribution in [3.8, 4) is 0 Å². The van der Waals surface area contributed by atoms with Crippen LogP contribution in [-0.4, -0.2) is 28.8 Å². The van der Waals surface area contributed by atoms with Gasteiger partial charge in [0, 0.05) is 6.54 Å². The van der Waals surface area contributed by atoms with Gasteiger partial charge in [0.15, 0.2) is 0 Å². The summed E-state index contributed by atoms with van der Waals surface area (Å²) in [6.07, 6.45) is -3.72. The number of anilines is 1. The van der Waals surface area contributed by atoms with E-state index >= 15 is 0 Å². The van der Waals surface area contributed by atoms with Crippen molar-refractivity contribution in [3.63, 3.8) is 0 Å². The Morgan fingerprint density at radius 2 is 2.16 bits per heavy atom. The smallest absolute Gasteiger partial charge is 0.393 e. The van der Waals surface area contributed by atoms with Crippen molar-refractivity contribution in [2.24, 2.45) is 0 Å². The first-order chi connectivity index (χ1) is 8.79. The van der Waals surface area contributed by atoms with Gasteiger partial charge in [-0.2, -0.15) is 13.2 Å². The van der Waals surface area contributed by atoms with Gasteiger partial charge in [-0.05, 0) is 25.5 Å². The molecule has 0 spiro atoms. The van der Waals surface area contributed by atoms with Crippen molar-refractivity contribution in [2.75, 3.05) is 11.9 Å². The van der Waals surface area contributed by atoms with Gasteiger partial charge in [0.1, 0.15) is 5.69 Å². The summed E-state index contributed by atoms with van der Waals surface area (Å²) >= 11 is 0. The van der Waals surface area contributed by atoms with Crippen LogP contribution in [0.25, 0.3) is 0 Å². The average Bonchev–Trinajstić information content (AvgIpc) is 2.27. The van der Waals surface area contributed by atoms with E-state index < -0.39 is 24.0 Å². The fraction of sp³-hybridized carbons (Fsp3) is 0.455. The summed E-state index contributed by atoms with van der Waals surface area (Å²) in [5.74, 6) is 0. The number of urea groups is 1. The van der Waals surface area contributed by atoms with Gasteiger partial charge in [-0.25, -0.2) is 9.78 Å². The Hall–Kier alpha value is -1.83. The van der Waals surface area contributed by atoms with Crippen LogP contribution in [0.1, 0.15) is 19.0 Å². The Balaban J connectivity index is 2.47. The number of rotatable bonds is 4. The molecule has 19 heavy (non-hydrogen) atoms. The second-order valence-electron chi connectivity index (χ2n) is 3.95. The molecule has 0 aliphatic carbocycles. The Labute approximate surface area is 107 Å². The number of nitrogens with one attached hydrogen (secondary N) is 2. The molecule has 8 heteroatoms. The summed E-state index contributed by atoms with van der Waals surface area (Å²) in [6.45, 7) is 1.84. The third-order valence-electron chi connectivity index (χ3n) is 2.16.